The van der Waals surface area contributed by atoms with Crippen molar-refractivity contribution in [2.45, 2.75) is 61.2 Å². The molecule has 0 aromatic carbocycles. The van der Waals surface area contributed by atoms with Crippen LogP contribution in [-0.2, 0) is 4.74 Å². The Bertz CT molecular complexity index is 574. The van der Waals surface area contributed by atoms with E-state index in [4.69, 9.17) is 0 Å². The minimum absolute atomic E-state index is 0.681. The molecule has 0 aromatic rings. The van der Waals surface area contributed by atoms with Gasteiger partial charge in [0.2, 0.25) is 0 Å². The first-order valence-electron chi connectivity index (χ1n) is 6.66. The molecule has 0 unspecified atom stereocenters. The lowest BCUT2D eigenvalue weighted by Crippen LogP contribution is -2.74. The highest BCUT2D eigenvalue weighted by molar-refractivity contribution is 5.14. The predicted molar refractivity (Wildman–Crippen MR) is 56.9 cm³/mol. The summed E-state index contributed by atoms with van der Waals surface area (Å²) >= 11 is 0. The summed E-state index contributed by atoms with van der Waals surface area (Å²) in [6.07, 6.45) is -15.2. The van der Waals surface area contributed by atoms with Gasteiger partial charge in [0.05, 0.1) is 6.61 Å². The van der Waals surface area contributed by atoms with Gasteiger partial charge in [-0.1, -0.05) is 6.92 Å². The van der Waals surface area contributed by atoms with Crippen molar-refractivity contribution in [3.63, 3.8) is 0 Å². The van der Waals surface area contributed by atoms with Crippen LogP contribution in [0.5, 0.6) is 0 Å². The summed E-state index contributed by atoms with van der Waals surface area (Å²) < 4.78 is 220. The van der Waals surface area contributed by atoms with Crippen molar-refractivity contribution in [3.05, 3.63) is 0 Å². The van der Waals surface area contributed by atoms with E-state index in [9.17, 15) is 74.6 Å². The number of halogens is 17. The molecular formula is C11H7F17O. The molecule has 0 bridgehead atoms. The molecule has 0 atom stereocenters. The molecule has 1 nitrogen and oxygen atoms in total. The van der Waals surface area contributed by atoms with E-state index in [1.165, 1.54) is 0 Å². The zero-order valence-electron chi connectivity index (χ0n) is 13.2. The number of alkyl halides is 17. The smallest absolute Gasteiger partial charge is 0.316 e. The van der Waals surface area contributed by atoms with Crippen molar-refractivity contribution in [2.24, 2.45) is 0 Å². The van der Waals surface area contributed by atoms with Gasteiger partial charge in [-0.05, 0) is 6.42 Å². The van der Waals surface area contributed by atoms with Gasteiger partial charge in [0.25, 0.3) is 0 Å². The fourth-order valence-electron chi connectivity index (χ4n) is 1.47. The number of hydrogen-bond acceptors (Lipinski definition) is 1. The highest BCUT2D eigenvalue weighted by Gasteiger charge is 2.95. The summed E-state index contributed by atoms with van der Waals surface area (Å²) in [6, 6.07) is 0. The Morgan fingerprint density at radius 1 is 0.448 bits per heavy atom. The second-order valence-electron chi connectivity index (χ2n) is 5.31. The maximum Gasteiger partial charge on any atom is 0.460 e. The number of ether oxygens (including phenoxy) is 1. The summed E-state index contributed by atoms with van der Waals surface area (Å²) in [5.74, 6) is -49.9. The van der Waals surface area contributed by atoms with Gasteiger partial charge >= 0.3 is 47.8 Å². The van der Waals surface area contributed by atoms with E-state index in [2.05, 4.69) is 4.74 Å². The van der Waals surface area contributed by atoms with Gasteiger partial charge in [-0.25, -0.2) is 0 Å². The quantitative estimate of drug-likeness (QED) is 0.350. The summed E-state index contributed by atoms with van der Waals surface area (Å²) in [6.45, 7) is -0.724. The molecule has 0 aliphatic carbocycles. The molecule has 0 radical (unpaired) electrons. The molecule has 176 valence electrons. The van der Waals surface area contributed by atoms with E-state index in [0.717, 1.165) is 6.92 Å². The molecule has 0 N–H and O–H groups in total. The fraction of sp³-hybridized carbons (Fsp3) is 1.00. The van der Waals surface area contributed by atoms with Gasteiger partial charge in [0.1, 0.15) is 0 Å². The first kappa shape index (κ1) is 27.8. The number of hydrogen-bond donors (Lipinski definition) is 0. The Balaban J connectivity index is 6.57. The zero-order valence-corrected chi connectivity index (χ0v) is 13.2. The average molecular weight is 478 g/mol. The van der Waals surface area contributed by atoms with Gasteiger partial charge in [0, 0.05) is 0 Å². The molecule has 0 spiro atoms. The molecule has 18 heteroatoms. The van der Waals surface area contributed by atoms with E-state index < -0.39 is 60.8 Å². The Morgan fingerprint density at radius 3 is 1.00 bits per heavy atom. The molecule has 0 saturated carbocycles. The van der Waals surface area contributed by atoms with Gasteiger partial charge in [-0.2, -0.15) is 74.6 Å². The Morgan fingerprint density at radius 2 is 0.724 bits per heavy atom. The van der Waals surface area contributed by atoms with Gasteiger partial charge in [0.15, 0.2) is 0 Å². The second kappa shape index (κ2) is 7.18. The average Bonchev–Trinajstić information content (AvgIpc) is 2.50. The van der Waals surface area contributed by atoms with Gasteiger partial charge in [-0.15, -0.1) is 0 Å². The molecule has 0 amide bonds. The monoisotopic (exact) mass is 478 g/mol. The molecule has 0 aliphatic heterocycles. The molecule has 0 rings (SSSR count). The highest BCUT2D eigenvalue weighted by atomic mass is 19.4. The Labute approximate surface area is 148 Å². The minimum Gasteiger partial charge on any atom is -0.316 e. The van der Waals surface area contributed by atoms with Crippen LogP contribution in [-0.4, -0.2) is 54.4 Å². The minimum atomic E-state index is -8.62. The van der Waals surface area contributed by atoms with Crippen molar-refractivity contribution in [3.8, 4) is 0 Å². The first-order valence-corrected chi connectivity index (χ1v) is 6.66. The normalized spacial score (nSPS) is 16.3. The van der Waals surface area contributed by atoms with E-state index >= 15 is 0 Å². The largest absolute Gasteiger partial charge is 0.460 e. The van der Waals surface area contributed by atoms with Gasteiger partial charge < -0.3 is 4.74 Å². The van der Waals surface area contributed by atoms with Crippen molar-refractivity contribution < 1.29 is 79.4 Å². The lowest BCUT2D eigenvalue weighted by Gasteiger charge is -2.42. The lowest BCUT2D eigenvalue weighted by molar-refractivity contribution is -0.477. The Hall–Kier alpha value is -1.23. The highest BCUT2D eigenvalue weighted by Crippen LogP contribution is 2.63. The molecule has 0 fully saturated rings. The van der Waals surface area contributed by atoms with Crippen LogP contribution in [0.4, 0.5) is 74.6 Å². The number of rotatable bonds is 9. The van der Waals surface area contributed by atoms with E-state index in [1.54, 1.807) is 0 Å². The van der Waals surface area contributed by atoms with Crippen LogP contribution < -0.4 is 0 Å². The van der Waals surface area contributed by atoms with E-state index in [0.29, 0.717) is 0 Å². The van der Waals surface area contributed by atoms with E-state index in [-0.39, 0.29) is 0 Å². The maximum atomic E-state index is 13.2. The molecule has 0 aromatic heterocycles. The predicted octanol–water partition coefficient (Wildman–Crippen LogP) is 6.38. The first-order chi connectivity index (χ1) is 12.3. The third-order valence-corrected chi connectivity index (χ3v) is 3.18. The fourth-order valence-corrected chi connectivity index (χ4v) is 1.47. The summed E-state index contributed by atoms with van der Waals surface area (Å²) in [5.41, 5.74) is 0. The van der Waals surface area contributed by atoms with Crippen LogP contribution in [0.25, 0.3) is 0 Å². The zero-order chi connectivity index (χ0) is 24.1. The summed E-state index contributed by atoms with van der Waals surface area (Å²) in [4.78, 5) is 0. The standard InChI is InChI=1S/C11H7F17O/c1-2-3-29-11(27,28)9(22,23)7(18,19)5(14,15)4(12,13)6(16,17)8(20,21)10(24,25)26/h2-3H2,1H3. The van der Waals surface area contributed by atoms with Crippen molar-refractivity contribution in [1.82, 2.24) is 0 Å². The SMILES string of the molecule is CCCOC(F)(F)C(F)(F)C(F)(F)C(F)(F)C(F)(F)C(F)(F)C(F)(F)C(F)(F)F. The van der Waals surface area contributed by atoms with Crippen molar-refractivity contribution >= 4 is 0 Å². The Kier molecular flexibility index (Phi) is 6.87. The summed E-state index contributed by atoms with van der Waals surface area (Å²) in [7, 11) is 0. The van der Waals surface area contributed by atoms with Crippen molar-refractivity contribution in [1.29, 1.82) is 0 Å². The van der Waals surface area contributed by atoms with Crippen LogP contribution in [0, 0.1) is 0 Å². The molecule has 0 aliphatic rings. The van der Waals surface area contributed by atoms with Crippen LogP contribution >= 0.6 is 0 Å². The third-order valence-electron chi connectivity index (χ3n) is 3.18. The molecule has 29 heavy (non-hydrogen) atoms. The maximum absolute atomic E-state index is 13.2. The summed E-state index contributed by atoms with van der Waals surface area (Å²) in [5, 5.41) is 0. The second-order valence-corrected chi connectivity index (χ2v) is 5.31. The van der Waals surface area contributed by atoms with Crippen LogP contribution in [0.1, 0.15) is 13.3 Å². The molecular weight excluding hydrogens is 471 g/mol. The molecule has 0 saturated heterocycles. The third kappa shape index (κ3) is 3.68. The lowest BCUT2D eigenvalue weighted by atomic mass is 9.90. The van der Waals surface area contributed by atoms with Crippen LogP contribution in [0.3, 0.4) is 0 Å². The topological polar surface area (TPSA) is 9.23 Å². The van der Waals surface area contributed by atoms with Crippen LogP contribution in [0.2, 0.25) is 0 Å². The van der Waals surface area contributed by atoms with Gasteiger partial charge in [-0.3, -0.25) is 0 Å². The van der Waals surface area contributed by atoms with Crippen LogP contribution in [0.15, 0.2) is 0 Å². The molecule has 0 heterocycles. The van der Waals surface area contributed by atoms with E-state index in [1.807, 2.05) is 0 Å². The van der Waals surface area contributed by atoms with Crippen molar-refractivity contribution in [2.75, 3.05) is 6.61 Å².